The molecule has 0 saturated carbocycles. The minimum Gasteiger partial charge on any atom is -0.345 e. The summed E-state index contributed by atoms with van der Waals surface area (Å²) in [5.41, 5.74) is 3.35. The van der Waals surface area contributed by atoms with Crippen molar-refractivity contribution in [1.29, 1.82) is 0 Å². The Kier molecular flexibility index (Phi) is 4.42. The van der Waals surface area contributed by atoms with Gasteiger partial charge in [0, 0.05) is 26.8 Å². The highest BCUT2D eigenvalue weighted by molar-refractivity contribution is 5.93. The highest BCUT2D eigenvalue weighted by atomic mass is 16.2. The monoisotopic (exact) mass is 353 g/mol. The van der Waals surface area contributed by atoms with Crippen LogP contribution in [-0.4, -0.2) is 13.7 Å². The van der Waals surface area contributed by atoms with Gasteiger partial charge in [0.05, 0.1) is 16.6 Å². The van der Waals surface area contributed by atoms with Crippen LogP contribution in [-0.2, 0) is 26.1 Å². The van der Waals surface area contributed by atoms with Gasteiger partial charge in [-0.1, -0.05) is 52.0 Å². The van der Waals surface area contributed by atoms with Gasteiger partial charge in [-0.2, -0.15) is 0 Å². The number of benzene rings is 1. The van der Waals surface area contributed by atoms with Gasteiger partial charge >= 0.3 is 5.69 Å². The van der Waals surface area contributed by atoms with E-state index in [0.29, 0.717) is 10.9 Å². The molecule has 0 aliphatic carbocycles. The SMILES string of the molecule is CCCn1cc2c(c1-c1ccc(C(C)(C)C)cc1)c(=O)n(C)c(=O)n2C. The molecular formula is C21H27N3O2. The zero-order chi connectivity index (χ0) is 19.2. The average molecular weight is 353 g/mol. The van der Waals surface area contributed by atoms with Gasteiger partial charge in [-0.3, -0.25) is 13.9 Å². The maximum absolute atomic E-state index is 12.9. The zero-order valence-corrected chi connectivity index (χ0v) is 16.5. The van der Waals surface area contributed by atoms with Crippen LogP contribution in [0.4, 0.5) is 0 Å². The fraction of sp³-hybridized carbons (Fsp3) is 0.429. The van der Waals surface area contributed by atoms with Crippen molar-refractivity contribution in [2.45, 2.75) is 46.1 Å². The summed E-state index contributed by atoms with van der Waals surface area (Å²) >= 11 is 0. The number of hydrogen-bond acceptors (Lipinski definition) is 2. The smallest absolute Gasteiger partial charge is 0.330 e. The molecule has 0 radical (unpaired) electrons. The lowest BCUT2D eigenvalue weighted by atomic mass is 9.86. The second-order valence-corrected chi connectivity index (χ2v) is 7.96. The first-order valence-electron chi connectivity index (χ1n) is 9.06. The molecule has 1 aromatic carbocycles. The lowest BCUT2D eigenvalue weighted by Crippen LogP contribution is -2.36. The van der Waals surface area contributed by atoms with Gasteiger partial charge < -0.3 is 4.57 Å². The van der Waals surface area contributed by atoms with Crippen molar-refractivity contribution in [3.05, 3.63) is 56.9 Å². The third-order valence-corrected chi connectivity index (χ3v) is 5.00. The second-order valence-electron chi connectivity index (χ2n) is 7.96. The number of rotatable bonds is 3. The van der Waals surface area contributed by atoms with Crippen LogP contribution in [0.5, 0.6) is 0 Å². The Hall–Kier alpha value is -2.56. The first kappa shape index (κ1) is 18.2. The topological polar surface area (TPSA) is 48.9 Å². The molecule has 0 N–H and O–H groups in total. The number of nitrogens with zero attached hydrogens (tertiary/aromatic N) is 3. The molecule has 0 amide bonds. The maximum atomic E-state index is 12.9. The Balaban J connectivity index is 2.36. The summed E-state index contributed by atoms with van der Waals surface area (Å²) in [6, 6.07) is 8.39. The molecule has 0 bridgehead atoms. The van der Waals surface area contributed by atoms with Crippen LogP contribution in [0.15, 0.2) is 40.1 Å². The molecule has 0 fully saturated rings. The Bertz CT molecular complexity index is 1070. The Morgan fingerprint density at radius 1 is 0.962 bits per heavy atom. The molecule has 2 aromatic heterocycles. The summed E-state index contributed by atoms with van der Waals surface area (Å²) in [7, 11) is 3.25. The summed E-state index contributed by atoms with van der Waals surface area (Å²) in [4.78, 5) is 25.2. The van der Waals surface area contributed by atoms with Crippen LogP contribution in [0.1, 0.15) is 39.7 Å². The minimum atomic E-state index is -0.300. The third kappa shape index (κ3) is 2.81. The summed E-state index contributed by atoms with van der Waals surface area (Å²) in [5.74, 6) is 0. The predicted molar refractivity (Wildman–Crippen MR) is 107 cm³/mol. The molecule has 0 atom stereocenters. The molecule has 5 heteroatoms. The molecule has 2 heterocycles. The van der Waals surface area contributed by atoms with Crippen molar-refractivity contribution in [3.63, 3.8) is 0 Å². The Morgan fingerprint density at radius 3 is 2.12 bits per heavy atom. The number of hydrogen-bond donors (Lipinski definition) is 0. The summed E-state index contributed by atoms with van der Waals surface area (Å²) in [6.45, 7) is 9.45. The van der Waals surface area contributed by atoms with Crippen molar-refractivity contribution < 1.29 is 0 Å². The van der Waals surface area contributed by atoms with Crippen molar-refractivity contribution in [3.8, 4) is 11.3 Å². The van der Waals surface area contributed by atoms with Gasteiger partial charge in [0.2, 0.25) is 0 Å². The normalized spacial score (nSPS) is 12.1. The van der Waals surface area contributed by atoms with E-state index >= 15 is 0 Å². The van der Waals surface area contributed by atoms with Crippen molar-refractivity contribution in [2.75, 3.05) is 0 Å². The van der Waals surface area contributed by atoms with E-state index in [1.54, 1.807) is 11.6 Å². The predicted octanol–water partition coefficient (Wildman–Crippen LogP) is 3.41. The fourth-order valence-electron chi connectivity index (χ4n) is 3.44. The first-order chi connectivity index (χ1) is 12.2. The van der Waals surface area contributed by atoms with Crippen LogP contribution < -0.4 is 11.2 Å². The summed E-state index contributed by atoms with van der Waals surface area (Å²) in [6.07, 6.45) is 2.87. The summed E-state index contributed by atoms with van der Waals surface area (Å²) in [5, 5.41) is 0.603. The van der Waals surface area contributed by atoms with Crippen LogP contribution in [0.2, 0.25) is 0 Å². The van der Waals surface area contributed by atoms with Gasteiger partial charge in [-0.15, -0.1) is 0 Å². The maximum Gasteiger partial charge on any atom is 0.330 e. The van der Waals surface area contributed by atoms with Gasteiger partial charge in [-0.05, 0) is 23.0 Å². The van der Waals surface area contributed by atoms with E-state index in [0.717, 1.165) is 24.2 Å². The van der Waals surface area contributed by atoms with E-state index in [1.165, 1.54) is 17.2 Å². The zero-order valence-electron chi connectivity index (χ0n) is 16.5. The highest BCUT2D eigenvalue weighted by Crippen LogP contribution is 2.30. The van der Waals surface area contributed by atoms with E-state index in [1.807, 2.05) is 6.20 Å². The van der Waals surface area contributed by atoms with Gasteiger partial charge in [0.25, 0.3) is 5.56 Å². The number of aromatic nitrogens is 3. The van der Waals surface area contributed by atoms with Gasteiger partial charge in [0.15, 0.2) is 0 Å². The second kappa shape index (κ2) is 6.31. The molecule has 3 aromatic rings. The Labute approximate surface area is 153 Å². The molecule has 5 nitrogen and oxygen atoms in total. The lowest BCUT2D eigenvalue weighted by Gasteiger charge is -2.19. The van der Waals surface area contributed by atoms with E-state index in [-0.39, 0.29) is 16.7 Å². The molecule has 3 rings (SSSR count). The van der Waals surface area contributed by atoms with Gasteiger partial charge in [-0.25, -0.2) is 4.79 Å². The van der Waals surface area contributed by atoms with Crippen LogP contribution in [0, 0.1) is 0 Å². The van der Waals surface area contributed by atoms with Crippen LogP contribution >= 0.6 is 0 Å². The number of aryl methyl sites for hydroxylation is 2. The molecule has 0 aliphatic heterocycles. The molecular weight excluding hydrogens is 326 g/mol. The van der Waals surface area contributed by atoms with Crippen molar-refractivity contribution in [1.82, 2.24) is 13.7 Å². The fourth-order valence-corrected chi connectivity index (χ4v) is 3.44. The average Bonchev–Trinajstić information content (AvgIpc) is 2.97. The van der Waals surface area contributed by atoms with Crippen LogP contribution in [0.3, 0.4) is 0 Å². The summed E-state index contributed by atoms with van der Waals surface area (Å²) < 4.78 is 4.83. The molecule has 0 saturated heterocycles. The van der Waals surface area contributed by atoms with Gasteiger partial charge in [0.1, 0.15) is 0 Å². The molecule has 26 heavy (non-hydrogen) atoms. The van der Waals surface area contributed by atoms with E-state index < -0.39 is 0 Å². The molecule has 0 aliphatic rings. The highest BCUT2D eigenvalue weighted by Gasteiger charge is 2.20. The molecule has 0 unspecified atom stereocenters. The quantitative estimate of drug-likeness (QED) is 0.724. The van der Waals surface area contributed by atoms with E-state index in [4.69, 9.17) is 0 Å². The van der Waals surface area contributed by atoms with E-state index in [9.17, 15) is 9.59 Å². The van der Waals surface area contributed by atoms with Crippen molar-refractivity contribution in [2.24, 2.45) is 14.1 Å². The molecule has 138 valence electrons. The largest absolute Gasteiger partial charge is 0.345 e. The first-order valence-corrected chi connectivity index (χ1v) is 9.06. The standard InChI is InChI=1S/C21H27N3O2/c1-7-12-24-13-16-17(19(25)23(6)20(26)22(16)5)18(24)14-8-10-15(11-9-14)21(2,3)4/h8-11,13H,7,12H2,1-6H3. The third-order valence-electron chi connectivity index (χ3n) is 5.00. The molecule has 0 spiro atoms. The van der Waals surface area contributed by atoms with E-state index in [2.05, 4.69) is 56.5 Å². The van der Waals surface area contributed by atoms with Crippen LogP contribution in [0.25, 0.3) is 22.2 Å². The minimum absolute atomic E-state index is 0.0754. The Morgan fingerprint density at radius 2 is 1.58 bits per heavy atom. The van der Waals surface area contributed by atoms with Crippen molar-refractivity contribution >= 4 is 10.9 Å². The lowest BCUT2D eigenvalue weighted by molar-refractivity contribution is 0.590. The number of fused-ring (bicyclic) bond motifs is 1.